The van der Waals surface area contributed by atoms with Crippen molar-refractivity contribution in [3.63, 3.8) is 0 Å². The predicted octanol–water partition coefficient (Wildman–Crippen LogP) is 4.28. The quantitative estimate of drug-likeness (QED) is 0.856. The molecule has 3 unspecified atom stereocenters. The van der Waals surface area contributed by atoms with E-state index in [9.17, 15) is 4.39 Å². The Balaban J connectivity index is 1.87. The zero-order valence-corrected chi connectivity index (χ0v) is 12.6. The molecule has 3 atom stereocenters. The van der Waals surface area contributed by atoms with E-state index in [1.54, 1.807) is 0 Å². The van der Waals surface area contributed by atoms with Gasteiger partial charge in [-0.05, 0) is 43.9 Å². The highest BCUT2D eigenvalue weighted by Crippen LogP contribution is 2.39. The fourth-order valence-electron chi connectivity index (χ4n) is 3.31. The van der Waals surface area contributed by atoms with Crippen LogP contribution >= 0.6 is 0 Å². The van der Waals surface area contributed by atoms with E-state index < -0.39 is 0 Å². The van der Waals surface area contributed by atoms with Crippen LogP contribution in [0.15, 0.2) is 24.7 Å². The molecular formula is C17H21FN3. The van der Waals surface area contributed by atoms with Crippen LogP contribution in [0.3, 0.4) is 0 Å². The Morgan fingerprint density at radius 1 is 1.43 bits per heavy atom. The summed E-state index contributed by atoms with van der Waals surface area (Å²) in [5.41, 5.74) is 2.52. The van der Waals surface area contributed by atoms with Crippen LogP contribution in [0.4, 0.5) is 4.39 Å². The van der Waals surface area contributed by atoms with E-state index in [0.717, 1.165) is 6.42 Å². The van der Waals surface area contributed by atoms with Crippen molar-refractivity contribution >= 4 is 11.0 Å². The van der Waals surface area contributed by atoms with Crippen LogP contribution in [-0.2, 0) is 0 Å². The first kappa shape index (κ1) is 14.2. The van der Waals surface area contributed by atoms with Gasteiger partial charge in [0.05, 0.1) is 11.1 Å². The van der Waals surface area contributed by atoms with E-state index in [0.29, 0.717) is 34.5 Å². The molecule has 4 heteroatoms. The SMILES string of the molecule is C=C(C)C1CCC(C)C([CH]c2ncnc3[nH]cc(F)c23)C1. The molecule has 3 nitrogen and oxygen atoms in total. The Hall–Kier alpha value is -1.71. The molecule has 0 aromatic carbocycles. The highest BCUT2D eigenvalue weighted by molar-refractivity contribution is 5.79. The number of hydrogen-bond donors (Lipinski definition) is 1. The van der Waals surface area contributed by atoms with Gasteiger partial charge >= 0.3 is 0 Å². The summed E-state index contributed by atoms with van der Waals surface area (Å²) >= 11 is 0. The van der Waals surface area contributed by atoms with Gasteiger partial charge in [-0.15, -0.1) is 0 Å². The lowest BCUT2D eigenvalue weighted by atomic mass is 9.71. The van der Waals surface area contributed by atoms with Gasteiger partial charge < -0.3 is 4.98 Å². The number of aromatic amines is 1. The first-order chi connectivity index (χ1) is 10.1. The summed E-state index contributed by atoms with van der Waals surface area (Å²) in [6.07, 6.45) is 8.43. The molecular weight excluding hydrogens is 265 g/mol. The molecule has 1 saturated carbocycles. The number of allylic oxidation sites excluding steroid dienone is 1. The molecule has 1 radical (unpaired) electrons. The van der Waals surface area contributed by atoms with Gasteiger partial charge in [0.15, 0.2) is 5.82 Å². The van der Waals surface area contributed by atoms with Crippen molar-refractivity contribution < 1.29 is 4.39 Å². The third-order valence-corrected chi connectivity index (χ3v) is 4.78. The van der Waals surface area contributed by atoms with E-state index in [4.69, 9.17) is 0 Å². The predicted molar refractivity (Wildman–Crippen MR) is 82.1 cm³/mol. The fourth-order valence-corrected chi connectivity index (χ4v) is 3.31. The minimum atomic E-state index is -0.281. The number of hydrogen-bond acceptors (Lipinski definition) is 2. The monoisotopic (exact) mass is 286 g/mol. The molecule has 0 bridgehead atoms. The van der Waals surface area contributed by atoms with Crippen LogP contribution < -0.4 is 0 Å². The molecule has 111 valence electrons. The van der Waals surface area contributed by atoms with Crippen LogP contribution in [0, 0.1) is 30.0 Å². The van der Waals surface area contributed by atoms with Gasteiger partial charge in [0.25, 0.3) is 0 Å². The van der Waals surface area contributed by atoms with Gasteiger partial charge in [0.2, 0.25) is 0 Å². The molecule has 0 amide bonds. The van der Waals surface area contributed by atoms with Gasteiger partial charge in [-0.2, -0.15) is 0 Å². The maximum absolute atomic E-state index is 13.9. The molecule has 2 aromatic rings. The summed E-state index contributed by atoms with van der Waals surface area (Å²) in [6, 6.07) is 0. The summed E-state index contributed by atoms with van der Waals surface area (Å²) in [5, 5.41) is 0.502. The van der Waals surface area contributed by atoms with E-state index in [-0.39, 0.29) is 5.82 Å². The molecule has 1 aliphatic carbocycles. The molecule has 0 aliphatic heterocycles. The summed E-state index contributed by atoms with van der Waals surface area (Å²) in [4.78, 5) is 11.2. The molecule has 1 N–H and O–H groups in total. The summed E-state index contributed by atoms with van der Waals surface area (Å²) < 4.78 is 13.9. The second kappa shape index (κ2) is 5.58. The van der Waals surface area contributed by atoms with Crippen molar-refractivity contribution in [3.8, 4) is 0 Å². The third-order valence-electron chi connectivity index (χ3n) is 4.78. The zero-order chi connectivity index (χ0) is 15.0. The van der Waals surface area contributed by atoms with Crippen LogP contribution in [0.1, 0.15) is 38.8 Å². The van der Waals surface area contributed by atoms with E-state index >= 15 is 0 Å². The van der Waals surface area contributed by atoms with E-state index in [1.165, 1.54) is 30.9 Å². The Kier molecular flexibility index (Phi) is 3.79. The van der Waals surface area contributed by atoms with Crippen molar-refractivity contribution in [2.24, 2.45) is 17.8 Å². The number of nitrogens with zero attached hydrogens (tertiary/aromatic N) is 2. The molecule has 2 aromatic heterocycles. The lowest BCUT2D eigenvalue weighted by Gasteiger charge is -2.34. The van der Waals surface area contributed by atoms with Gasteiger partial charge in [0, 0.05) is 12.6 Å². The number of rotatable bonds is 3. The van der Waals surface area contributed by atoms with Crippen LogP contribution in [0.25, 0.3) is 11.0 Å². The molecule has 2 heterocycles. The highest BCUT2D eigenvalue weighted by atomic mass is 19.1. The fraction of sp³-hybridized carbons (Fsp3) is 0.471. The molecule has 21 heavy (non-hydrogen) atoms. The number of aromatic nitrogens is 3. The Morgan fingerprint density at radius 3 is 3.00 bits per heavy atom. The zero-order valence-electron chi connectivity index (χ0n) is 12.6. The topological polar surface area (TPSA) is 41.6 Å². The van der Waals surface area contributed by atoms with Crippen molar-refractivity contribution in [2.45, 2.75) is 33.1 Å². The third kappa shape index (κ3) is 2.71. The van der Waals surface area contributed by atoms with Crippen molar-refractivity contribution in [1.29, 1.82) is 0 Å². The average Bonchev–Trinajstić information content (AvgIpc) is 2.84. The molecule has 0 saturated heterocycles. The van der Waals surface area contributed by atoms with Gasteiger partial charge in [-0.3, -0.25) is 0 Å². The Morgan fingerprint density at radius 2 is 2.24 bits per heavy atom. The minimum Gasteiger partial charge on any atom is -0.343 e. The Bertz CT molecular complexity index is 661. The lowest BCUT2D eigenvalue weighted by molar-refractivity contribution is 0.243. The van der Waals surface area contributed by atoms with Crippen molar-refractivity contribution in [2.75, 3.05) is 0 Å². The summed E-state index contributed by atoms with van der Waals surface area (Å²) in [7, 11) is 0. The highest BCUT2D eigenvalue weighted by Gasteiger charge is 2.29. The average molecular weight is 286 g/mol. The van der Waals surface area contributed by atoms with Crippen LogP contribution in [0.2, 0.25) is 0 Å². The number of H-pyrrole nitrogens is 1. The standard InChI is InChI=1S/C17H21FN3/c1-10(2)12-5-4-11(3)13(6-12)7-15-16-14(18)8-19-17(16)21-9-20-15/h7-9,11-13H,1,4-6H2,2-3H3,(H,19,20,21). The number of fused-ring (bicyclic) bond motifs is 1. The van der Waals surface area contributed by atoms with Crippen LogP contribution in [0.5, 0.6) is 0 Å². The minimum absolute atomic E-state index is 0.281. The first-order valence-electron chi connectivity index (χ1n) is 7.54. The van der Waals surface area contributed by atoms with Gasteiger partial charge in [-0.25, -0.2) is 14.4 Å². The van der Waals surface area contributed by atoms with Crippen LogP contribution in [-0.4, -0.2) is 15.0 Å². The maximum atomic E-state index is 13.9. The Labute approximate surface area is 124 Å². The maximum Gasteiger partial charge on any atom is 0.151 e. The lowest BCUT2D eigenvalue weighted by Crippen LogP contribution is -2.24. The van der Waals surface area contributed by atoms with Crippen molar-refractivity contribution in [3.05, 3.63) is 42.6 Å². The van der Waals surface area contributed by atoms with Crippen molar-refractivity contribution in [1.82, 2.24) is 15.0 Å². The van der Waals surface area contributed by atoms with E-state index in [2.05, 4.69) is 41.8 Å². The smallest absolute Gasteiger partial charge is 0.151 e. The number of halogens is 1. The summed E-state index contributed by atoms with van der Waals surface area (Å²) in [6.45, 7) is 8.47. The second-order valence-electron chi connectivity index (χ2n) is 6.28. The van der Waals surface area contributed by atoms with Gasteiger partial charge in [-0.1, -0.05) is 19.1 Å². The molecule has 0 spiro atoms. The van der Waals surface area contributed by atoms with Gasteiger partial charge in [0.1, 0.15) is 12.0 Å². The molecule has 1 aliphatic rings. The largest absolute Gasteiger partial charge is 0.343 e. The van der Waals surface area contributed by atoms with E-state index in [1.807, 2.05) is 0 Å². The normalized spacial score (nSPS) is 26.1. The molecule has 1 fully saturated rings. The summed E-state index contributed by atoms with van der Waals surface area (Å²) in [5.74, 6) is 1.29. The molecule has 3 rings (SSSR count). The first-order valence-corrected chi connectivity index (χ1v) is 7.54. The number of nitrogens with one attached hydrogen (secondary N) is 1. The second-order valence-corrected chi connectivity index (χ2v) is 6.28.